The van der Waals surface area contributed by atoms with Gasteiger partial charge in [-0.15, -0.1) is 0 Å². The molecular formula is C23H26FN5O. The summed E-state index contributed by atoms with van der Waals surface area (Å²) in [6.07, 6.45) is 3.56. The van der Waals surface area contributed by atoms with E-state index in [1.54, 1.807) is 13.2 Å². The topological polar surface area (TPSA) is 62.3 Å². The molecule has 1 aliphatic heterocycles. The third-order valence-electron chi connectivity index (χ3n) is 5.19. The molecule has 0 atom stereocenters. The summed E-state index contributed by atoms with van der Waals surface area (Å²) in [5.74, 6) is 2.58. The van der Waals surface area contributed by atoms with E-state index >= 15 is 0 Å². The smallest absolute Gasteiger partial charge is 0.231 e. The first-order valence-electron chi connectivity index (χ1n) is 10.2. The van der Waals surface area contributed by atoms with Crippen molar-refractivity contribution >= 4 is 29.0 Å². The molecule has 2 heterocycles. The predicted molar refractivity (Wildman–Crippen MR) is 119 cm³/mol. The summed E-state index contributed by atoms with van der Waals surface area (Å²) in [6.45, 7) is 3.83. The molecule has 6 nitrogen and oxygen atoms in total. The first-order valence-corrected chi connectivity index (χ1v) is 10.2. The highest BCUT2D eigenvalue weighted by molar-refractivity contribution is 5.66. The quantitative estimate of drug-likeness (QED) is 0.570. The fourth-order valence-corrected chi connectivity index (χ4v) is 3.55. The third-order valence-corrected chi connectivity index (χ3v) is 5.19. The van der Waals surface area contributed by atoms with Crippen molar-refractivity contribution < 1.29 is 9.13 Å². The minimum Gasteiger partial charge on any atom is -0.497 e. The van der Waals surface area contributed by atoms with Crippen molar-refractivity contribution in [2.24, 2.45) is 0 Å². The van der Waals surface area contributed by atoms with Gasteiger partial charge in [0.25, 0.3) is 0 Å². The third kappa shape index (κ3) is 4.79. The molecule has 2 N–H and O–H groups in total. The first-order chi connectivity index (χ1) is 14.6. The second kappa shape index (κ2) is 8.98. The van der Waals surface area contributed by atoms with Gasteiger partial charge in [-0.05, 0) is 74.2 Å². The fourth-order valence-electron chi connectivity index (χ4n) is 3.55. The van der Waals surface area contributed by atoms with Gasteiger partial charge in [0.1, 0.15) is 23.2 Å². The fraction of sp³-hybridized carbons (Fsp3) is 0.304. The summed E-state index contributed by atoms with van der Waals surface area (Å²) >= 11 is 0. The van der Waals surface area contributed by atoms with E-state index in [4.69, 9.17) is 9.72 Å². The Hall–Kier alpha value is -3.35. The number of hydrogen-bond acceptors (Lipinski definition) is 6. The number of halogens is 1. The standard InChI is InChI=1S/C23H26FN5O/c1-16-14-17(24)6-11-20(16)26-21-15-22(29-12-4-3-5-13-29)28-23(27-21)25-18-7-9-19(30-2)10-8-18/h6-11,14-15H,3-5,12-13H2,1-2H3,(H2,25,26,27,28). The number of aromatic nitrogens is 2. The van der Waals surface area contributed by atoms with Crippen LogP contribution in [0.4, 0.5) is 33.3 Å². The molecule has 1 aromatic heterocycles. The van der Waals surface area contributed by atoms with E-state index in [1.807, 2.05) is 37.3 Å². The average molecular weight is 407 g/mol. The number of nitrogens with one attached hydrogen (secondary N) is 2. The first kappa shape index (κ1) is 19.9. The van der Waals surface area contributed by atoms with Crippen LogP contribution in [0.5, 0.6) is 5.75 Å². The number of nitrogens with zero attached hydrogens (tertiary/aromatic N) is 3. The minimum atomic E-state index is -0.253. The highest BCUT2D eigenvalue weighted by Gasteiger charge is 2.15. The van der Waals surface area contributed by atoms with E-state index in [1.165, 1.54) is 18.6 Å². The zero-order chi connectivity index (χ0) is 20.9. The molecule has 0 aliphatic carbocycles. The number of aryl methyl sites for hydroxylation is 1. The summed E-state index contributed by atoms with van der Waals surface area (Å²) < 4.78 is 18.7. The van der Waals surface area contributed by atoms with Crippen molar-refractivity contribution in [1.82, 2.24) is 9.97 Å². The molecule has 1 saturated heterocycles. The molecule has 30 heavy (non-hydrogen) atoms. The van der Waals surface area contributed by atoms with Crippen molar-refractivity contribution in [3.05, 3.63) is 59.9 Å². The largest absolute Gasteiger partial charge is 0.497 e. The number of hydrogen-bond donors (Lipinski definition) is 2. The van der Waals surface area contributed by atoms with E-state index in [0.717, 1.165) is 54.4 Å². The predicted octanol–water partition coefficient (Wildman–Crippen LogP) is 5.41. The van der Waals surface area contributed by atoms with Crippen LogP contribution in [0.2, 0.25) is 0 Å². The number of rotatable bonds is 6. The van der Waals surface area contributed by atoms with E-state index in [9.17, 15) is 4.39 Å². The minimum absolute atomic E-state index is 0.253. The van der Waals surface area contributed by atoms with Gasteiger partial charge < -0.3 is 20.3 Å². The van der Waals surface area contributed by atoms with Gasteiger partial charge in [0, 0.05) is 30.5 Å². The molecule has 1 aliphatic rings. The number of ether oxygens (including phenoxy) is 1. The average Bonchev–Trinajstić information content (AvgIpc) is 2.77. The van der Waals surface area contributed by atoms with Gasteiger partial charge in [0.15, 0.2) is 0 Å². The number of methoxy groups -OCH3 is 1. The Morgan fingerprint density at radius 2 is 1.70 bits per heavy atom. The Balaban J connectivity index is 1.64. The molecule has 2 aromatic carbocycles. The van der Waals surface area contributed by atoms with Crippen LogP contribution >= 0.6 is 0 Å². The normalized spacial score (nSPS) is 13.8. The second-order valence-electron chi connectivity index (χ2n) is 7.42. The lowest BCUT2D eigenvalue weighted by Crippen LogP contribution is -2.30. The molecule has 3 aromatic rings. The summed E-state index contributed by atoms with van der Waals surface area (Å²) in [5.41, 5.74) is 2.50. The lowest BCUT2D eigenvalue weighted by molar-refractivity contribution is 0.415. The lowest BCUT2D eigenvalue weighted by Gasteiger charge is -2.28. The summed E-state index contributed by atoms with van der Waals surface area (Å²) in [7, 11) is 1.64. The van der Waals surface area contributed by atoms with Gasteiger partial charge in [-0.2, -0.15) is 9.97 Å². The van der Waals surface area contributed by atoms with Crippen molar-refractivity contribution in [3.8, 4) is 5.75 Å². The van der Waals surface area contributed by atoms with Crippen molar-refractivity contribution in [1.29, 1.82) is 0 Å². The maximum absolute atomic E-state index is 13.5. The van der Waals surface area contributed by atoms with E-state index in [-0.39, 0.29) is 5.82 Å². The van der Waals surface area contributed by atoms with Crippen LogP contribution in [0.3, 0.4) is 0 Å². The van der Waals surface area contributed by atoms with Gasteiger partial charge >= 0.3 is 0 Å². The molecular weight excluding hydrogens is 381 g/mol. The Morgan fingerprint density at radius 3 is 2.40 bits per heavy atom. The SMILES string of the molecule is COc1ccc(Nc2nc(Nc3ccc(F)cc3C)cc(N3CCCCC3)n2)cc1. The Bertz CT molecular complexity index is 1000. The van der Waals surface area contributed by atoms with Gasteiger partial charge in [-0.3, -0.25) is 0 Å². The van der Waals surface area contributed by atoms with Crippen LogP contribution in [0.15, 0.2) is 48.5 Å². The zero-order valence-electron chi connectivity index (χ0n) is 17.3. The molecule has 7 heteroatoms. The van der Waals surface area contributed by atoms with Crippen LogP contribution < -0.4 is 20.3 Å². The van der Waals surface area contributed by atoms with E-state index < -0.39 is 0 Å². The molecule has 0 bridgehead atoms. The van der Waals surface area contributed by atoms with Crippen LogP contribution in [0.25, 0.3) is 0 Å². The molecule has 1 fully saturated rings. The van der Waals surface area contributed by atoms with Crippen LogP contribution in [0.1, 0.15) is 24.8 Å². The van der Waals surface area contributed by atoms with Crippen LogP contribution in [0, 0.1) is 12.7 Å². The molecule has 0 spiro atoms. The molecule has 0 saturated carbocycles. The van der Waals surface area contributed by atoms with Crippen LogP contribution in [-0.4, -0.2) is 30.2 Å². The number of anilines is 5. The maximum Gasteiger partial charge on any atom is 0.231 e. The monoisotopic (exact) mass is 407 g/mol. The van der Waals surface area contributed by atoms with Crippen molar-refractivity contribution in [3.63, 3.8) is 0 Å². The molecule has 156 valence electrons. The Morgan fingerprint density at radius 1 is 0.933 bits per heavy atom. The highest BCUT2D eigenvalue weighted by Crippen LogP contribution is 2.27. The Labute approximate surface area is 176 Å². The van der Waals surface area contributed by atoms with Crippen molar-refractivity contribution in [2.75, 3.05) is 35.7 Å². The van der Waals surface area contributed by atoms with Gasteiger partial charge in [0.05, 0.1) is 7.11 Å². The Kier molecular flexibility index (Phi) is 5.97. The lowest BCUT2D eigenvalue weighted by atomic mass is 10.1. The molecule has 4 rings (SSSR count). The number of piperidine rings is 1. The summed E-state index contributed by atoms with van der Waals surface area (Å²) in [4.78, 5) is 11.7. The zero-order valence-corrected chi connectivity index (χ0v) is 17.3. The maximum atomic E-state index is 13.5. The van der Waals surface area contributed by atoms with Gasteiger partial charge in [0.2, 0.25) is 5.95 Å². The van der Waals surface area contributed by atoms with Crippen LogP contribution in [-0.2, 0) is 0 Å². The van der Waals surface area contributed by atoms with Gasteiger partial charge in [-0.1, -0.05) is 0 Å². The summed E-state index contributed by atoms with van der Waals surface area (Å²) in [6, 6.07) is 14.2. The van der Waals surface area contributed by atoms with Crippen molar-refractivity contribution in [2.45, 2.75) is 26.2 Å². The molecule has 0 amide bonds. The molecule has 0 radical (unpaired) electrons. The second-order valence-corrected chi connectivity index (χ2v) is 7.42. The summed E-state index contributed by atoms with van der Waals surface area (Å²) in [5, 5.41) is 6.60. The number of benzene rings is 2. The van der Waals surface area contributed by atoms with E-state index in [0.29, 0.717) is 11.8 Å². The van der Waals surface area contributed by atoms with Gasteiger partial charge in [-0.25, -0.2) is 4.39 Å². The van der Waals surface area contributed by atoms with E-state index in [2.05, 4.69) is 20.5 Å². The highest BCUT2D eigenvalue weighted by atomic mass is 19.1. The molecule has 0 unspecified atom stereocenters.